The van der Waals surface area contributed by atoms with Gasteiger partial charge in [0.2, 0.25) is 5.91 Å². The van der Waals surface area contributed by atoms with Crippen molar-refractivity contribution in [2.45, 2.75) is 6.42 Å². The monoisotopic (exact) mass is 325 g/mol. The highest BCUT2D eigenvalue weighted by molar-refractivity contribution is 6.30. The number of nitrogens with one attached hydrogen (secondary N) is 2. The van der Waals surface area contributed by atoms with Gasteiger partial charge in [-0.25, -0.2) is 4.98 Å². The summed E-state index contributed by atoms with van der Waals surface area (Å²) < 4.78 is 0. The summed E-state index contributed by atoms with van der Waals surface area (Å²) in [6.07, 6.45) is 3.93. The van der Waals surface area contributed by atoms with Gasteiger partial charge < -0.3 is 10.3 Å². The van der Waals surface area contributed by atoms with E-state index in [9.17, 15) is 4.79 Å². The Balaban J connectivity index is 1.49. The van der Waals surface area contributed by atoms with Gasteiger partial charge >= 0.3 is 0 Å². The van der Waals surface area contributed by atoms with Gasteiger partial charge in [-0.15, -0.1) is 0 Å². The van der Waals surface area contributed by atoms with Crippen LogP contribution in [0.4, 0.5) is 0 Å². The number of rotatable bonds is 5. The number of carbonyl (C=O) groups excluding carboxylic acids is 1. The summed E-state index contributed by atoms with van der Waals surface area (Å²) in [7, 11) is 0. The molecule has 0 saturated heterocycles. The summed E-state index contributed by atoms with van der Waals surface area (Å²) in [6.45, 7) is 0.531. The molecule has 2 N–H and O–H groups in total. The molecule has 0 atom stereocenters. The minimum Gasteiger partial charge on any atom is -0.352 e. The quantitative estimate of drug-likeness (QED) is 0.704. The van der Waals surface area contributed by atoms with Crippen LogP contribution < -0.4 is 5.32 Å². The fourth-order valence-corrected chi connectivity index (χ4v) is 2.36. The SMILES string of the molecule is O=C(C=Cc1ccc(Cl)cc1)NCCc1nc2ccccc2[nH]1. The van der Waals surface area contributed by atoms with Gasteiger partial charge in [-0.2, -0.15) is 0 Å². The van der Waals surface area contributed by atoms with Gasteiger partial charge in [0.1, 0.15) is 5.82 Å². The van der Waals surface area contributed by atoms with Crippen LogP contribution in [0.5, 0.6) is 0 Å². The minimum atomic E-state index is -0.129. The van der Waals surface area contributed by atoms with Crippen molar-refractivity contribution in [2.24, 2.45) is 0 Å². The zero-order valence-electron chi connectivity index (χ0n) is 12.4. The lowest BCUT2D eigenvalue weighted by molar-refractivity contribution is -0.116. The molecule has 0 spiro atoms. The van der Waals surface area contributed by atoms with E-state index in [-0.39, 0.29) is 5.91 Å². The molecule has 0 bridgehead atoms. The molecule has 1 aromatic heterocycles. The first-order valence-electron chi connectivity index (χ1n) is 7.36. The molecule has 0 aliphatic carbocycles. The molecule has 0 saturated carbocycles. The van der Waals surface area contributed by atoms with Crippen molar-refractivity contribution in [3.63, 3.8) is 0 Å². The number of amides is 1. The summed E-state index contributed by atoms with van der Waals surface area (Å²) in [4.78, 5) is 19.5. The van der Waals surface area contributed by atoms with Gasteiger partial charge in [-0.05, 0) is 35.9 Å². The van der Waals surface area contributed by atoms with E-state index in [1.165, 1.54) is 6.08 Å². The van der Waals surface area contributed by atoms with Crippen molar-refractivity contribution in [2.75, 3.05) is 6.54 Å². The Kier molecular flexibility index (Phi) is 4.74. The topological polar surface area (TPSA) is 57.8 Å². The summed E-state index contributed by atoms with van der Waals surface area (Å²) in [5.41, 5.74) is 2.88. The van der Waals surface area contributed by atoms with E-state index < -0.39 is 0 Å². The largest absolute Gasteiger partial charge is 0.352 e. The molecule has 23 heavy (non-hydrogen) atoms. The van der Waals surface area contributed by atoms with Crippen molar-refractivity contribution in [1.29, 1.82) is 0 Å². The van der Waals surface area contributed by atoms with E-state index in [1.807, 2.05) is 36.4 Å². The number of imidazole rings is 1. The predicted molar refractivity (Wildman–Crippen MR) is 93.3 cm³/mol. The fourth-order valence-electron chi connectivity index (χ4n) is 2.23. The normalized spacial score (nSPS) is 11.2. The van der Waals surface area contributed by atoms with Crippen molar-refractivity contribution >= 4 is 34.6 Å². The predicted octanol–water partition coefficient (Wildman–Crippen LogP) is 3.59. The highest BCUT2D eigenvalue weighted by Gasteiger charge is 2.02. The van der Waals surface area contributed by atoms with Crippen LogP contribution >= 0.6 is 11.6 Å². The lowest BCUT2D eigenvalue weighted by Crippen LogP contribution is -2.23. The first kappa shape index (κ1) is 15.3. The minimum absolute atomic E-state index is 0.129. The third kappa shape index (κ3) is 4.20. The number of aromatic amines is 1. The number of fused-ring (bicyclic) bond motifs is 1. The number of hydrogen-bond acceptors (Lipinski definition) is 2. The average Bonchev–Trinajstić information content (AvgIpc) is 2.97. The van der Waals surface area contributed by atoms with E-state index >= 15 is 0 Å². The van der Waals surface area contributed by atoms with Gasteiger partial charge in [0, 0.05) is 24.1 Å². The third-order valence-electron chi connectivity index (χ3n) is 3.40. The molecule has 5 heteroatoms. The second-order valence-corrected chi connectivity index (χ2v) is 5.56. The van der Waals surface area contributed by atoms with Crippen LogP contribution in [0.2, 0.25) is 5.02 Å². The van der Waals surface area contributed by atoms with Crippen molar-refractivity contribution in [3.8, 4) is 0 Å². The van der Waals surface area contributed by atoms with Gasteiger partial charge in [-0.1, -0.05) is 35.9 Å². The van der Waals surface area contributed by atoms with Crippen molar-refractivity contribution < 1.29 is 4.79 Å². The van der Waals surface area contributed by atoms with E-state index in [4.69, 9.17) is 11.6 Å². The molecular weight excluding hydrogens is 310 g/mol. The smallest absolute Gasteiger partial charge is 0.244 e. The molecule has 2 aromatic carbocycles. The standard InChI is InChI=1S/C18H16ClN3O/c19-14-8-5-13(6-9-14)7-10-18(23)20-12-11-17-21-15-3-1-2-4-16(15)22-17/h1-10H,11-12H2,(H,20,23)(H,21,22). The Morgan fingerprint density at radius 3 is 2.74 bits per heavy atom. The number of H-pyrrole nitrogens is 1. The summed E-state index contributed by atoms with van der Waals surface area (Å²) in [5.74, 6) is 0.740. The van der Waals surface area contributed by atoms with Gasteiger partial charge in [-0.3, -0.25) is 4.79 Å². The second-order valence-electron chi connectivity index (χ2n) is 5.13. The maximum absolute atomic E-state index is 11.8. The molecule has 0 aliphatic rings. The van der Waals surface area contributed by atoms with E-state index in [0.29, 0.717) is 18.0 Å². The first-order chi connectivity index (χ1) is 11.2. The van der Waals surface area contributed by atoms with Crippen LogP contribution in [-0.2, 0) is 11.2 Å². The Morgan fingerprint density at radius 2 is 1.96 bits per heavy atom. The Morgan fingerprint density at radius 1 is 1.17 bits per heavy atom. The molecule has 0 aliphatic heterocycles. The summed E-state index contributed by atoms with van der Waals surface area (Å²) in [6, 6.07) is 15.2. The number of aromatic nitrogens is 2. The van der Waals surface area contributed by atoms with E-state index in [2.05, 4.69) is 15.3 Å². The molecule has 0 radical (unpaired) electrons. The average molecular weight is 326 g/mol. The third-order valence-corrected chi connectivity index (χ3v) is 3.65. The van der Waals surface area contributed by atoms with Crippen LogP contribution in [0.25, 0.3) is 17.1 Å². The van der Waals surface area contributed by atoms with Crippen LogP contribution in [0, 0.1) is 0 Å². The molecule has 0 unspecified atom stereocenters. The van der Waals surface area contributed by atoms with Crippen LogP contribution in [-0.4, -0.2) is 22.4 Å². The maximum atomic E-state index is 11.8. The van der Waals surface area contributed by atoms with Crippen molar-refractivity contribution in [3.05, 3.63) is 71.0 Å². The van der Waals surface area contributed by atoms with E-state index in [0.717, 1.165) is 22.4 Å². The van der Waals surface area contributed by atoms with Gasteiger partial charge in [0.25, 0.3) is 0 Å². The van der Waals surface area contributed by atoms with Gasteiger partial charge in [0.05, 0.1) is 11.0 Å². The fraction of sp³-hybridized carbons (Fsp3) is 0.111. The number of carbonyl (C=O) groups is 1. The lowest BCUT2D eigenvalue weighted by atomic mass is 10.2. The first-order valence-corrected chi connectivity index (χ1v) is 7.73. The molecule has 3 rings (SSSR count). The van der Waals surface area contributed by atoms with Crippen LogP contribution in [0.3, 0.4) is 0 Å². The maximum Gasteiger partial charge on any atom is 0.244 e. The van der Waals surface area contributed by atoms with Gasteiger partial charge in [0.15, 0.2) is 0 Å². The highest BCUT2D eigenvalue weighted by Crippen LogP contribution is 2.11. The zero-order valence-corrected chi connectivity index (χ0v) is 13.2. The van der Waals surface area contributed by atoms with Crippen LogP contribution in [0.15, 0.2) is 54.6 Å². The lowest BCUT2D eigenvalue weighted by Gasteiger charge is -2.00. The Hall–Kier alpha value is -2.59. The number of halogens is 1. The molecule has 4 nitrogen and oxygen atoms in total. The Bertz CT molecular complexity index is 804. The highest BCUT2D eigenvalue weighted by atomic mass is 35.5. The molecule has 3 aromatic rings. The molecule has 1 heterocycles. The number of hydrogen-bond donors (Lipinski definition) is 2. The molecule has 0 fully saturated rings. The van der Waals surface area contributed by atoms with Crippen molar-refractivity contribution in [1.82, 2.24) is 15.3 Å². The molecular formula is C18H16ClN3O. The van der Waals surface area contributed by atoms with E-state index in [1.54, 1.807) is 18.2 Å². The summed E-state index contributed by atoms with van der Waals surface area (Å²) >= 11 is 5.82. The number of para-hydroxylation sites is 2. The Labute approximate surface area is 139 Å². The number of benzene rings is 2. The van der Waals surface area contributed by atoms with Crippen LogP contribution in [0.1, 0.15) is 11.4 Å². The summed E-state index contributed by atoms with van der Waals surface area (Å²) in [5, 5.41) is 3.52. The molecule has 1 amide bonds. The molecule has 116 valence electrons. The second kappa shape index (κ2) is 7.11. The number of nitrogens with zero attached hydrogens (tertiary/aromatic N) is 1. The zero-order chi connectivity index (χ0) is 16.1.